The third-order valence-corrected chi connectivity index (χ3v) is 2.56. The van der Waals surface area contributed by atoms with E-state index in [1.807, 2.05) is 0 Å². The second kappa shape index (κ2) is 3.90. The summed E-state index contributed by atoms with van der Waals surface area (Å²) in [6, 6.07) is 6.84. The Morgan fingerprint density at radius 1 is 1.31 bits per heavy atom. The van der Waals surface area contributed by atoms with Gasteiger partial charge >= 0.3 is 0 Å². The van der Waals surface area contributed by atoms with Crippen molar-refractivity contribution in [3.05, 3.63) is 65.4 Å². The molecule has 2 aromatic rings. The van der Waals surface area contributed by atoms with Gasteiger partial charge in [-0.15, -0.1) is 0 Å². The Hall–Kier alpha value is -1.94. The zero-order chi connectivity index (χ0) is 11.6. The quantitative estimate of drug-likeness (QED) is 0.601. The van der Waals surface area contributed by atoms with Crippen LogP contribution in [0.25, 0.3) is 0 Å². The van der Waals surface area contributed by atoms with E-state index >= 15 is 0 Å². The van der Waals surface area contributed by atoms with E-state index in [9.17, 15) is 10.3 Å². The fourth-order valence-electron chi connectivity index (χ4n) is 1.56. The highest BCUT2D eigenvalue weighted by molar-refractivity contribution is 5.30. The summed E-state index contributed by atoms with van der Waals surface area (Å²) in [7, 11) is 0. The van der Waals surface area contributed by atoms with E-state index < -0.39 is 5.60 Å². The smallest absolute Gasteiger partial charge is 0.186 e. The van der Waals surface area contributed by atoms with Crippen LogP contribution < -0.4 is 4.73 Å². The molecule has 4 heteroatoms. The maximum absolute atomic E-state index is 11.2. The fraction of sp³-hybridized carbons (Fsp3) is 0.167. The molecule has 2 rings (SSSR count). The molecule has 1 N–H and O–H groups in total. The average molecular weight is 216 g/mol. The van der Waals surface area contributed by atoms with Gasteiger partial charge in [0.05, 0.1) is 5.56 Å². The Balaban J connectivity index is 2.47. The van der Waals surface area contributed by atoms with E-state index in [0.29, 0.717) is 15.9 Å². The van der Waals surface area contributed by atoms with Gasteiger partial charge in [0.1, 0.15) is 5.60 Å². The van der Waals surface area contributed by atoms with Gasteiger partial charge < -0.3 is 10.3 Å². The Morgan fingerprint density at radius 2 is 2.06 bits per heavy atom. The minimum atomic E-state index is -1.21. The second-order valence-corrected chi connectivity index (χ2v) is 3.77. The van der Waals surface area contributed by atoms with E-state index in [4.69, 9.17) is 0 Å². The number of hydrogen-bond donors (Lipinski definition) is 1. The van der Waals surface area contributed by atoms with Gasteiger partial charge in [-0.05, 0) is 19.1 Å². The normalized spacial score (nSPS) is 14.4. The summed E-state index contributed by atoms with van der Waals surface area (Å²) >= 11 is 0. The first-order valence-corrected chi connectivity index (χ1v) is 4.93. The van der Waals surface area contributed by atoms with Crippen LogP contribution in [0.3, 0.4) is 0 Å². The maximum atomic E-state index is 11.2. The molecule has 1 unspecified atom stereocenters. The molecule has 82 valence electrons. The van der Waals surface area contributed by atoms with Gasteiger partial charge in [0.2, 0.25) is 0 Å². The van der Waals surface area contributed by atoms with E-state index in [2.05, 4.69) is 4.98 Å². The van der Waals surface area contributed by atoms with Gasteiger partial charge in [0.15, 0.2) is 12.4 Å². The first-order valence-electron chi connectivity index (χ1n) is 4.93. The van der Waals surface area contributed by atoms with Crippen molar-refractivity contribution >= 4 is 0 Å². The van der Waals surface area contributed by atoms with Gasteiger partial charge in [0.25, 0.3) is 0 Å². The van der Waals surface area contributed by atoms with E-state index in [-0.39, 0.29) is 0 Å². The van der Waals surface area contributed by atoms with Crippen molar-refractivity contribution in [1.82, 2.24) is 4.98 Å². The molecule has 4 nitrogen and oxygen atoms in total. The SMILES string of the molecule is CC(O)(c1cccnc1)c1ccc[n+]([O-])c1. The van der Waals surface area contributed by atoms with E-state index in [0.717, 1.165) is 0 Å². The third kappa shape index (κ3) is 1.87. The van der Waals surface area contributed by atoms with Gasteiger partial charge in [-0.1, -0.05) is 6.07 Å². The summed E-state index contributed by atoms with van der Waals surface area (Å²) in [5, 5.41) is 21.5. The molecular weight excluding hydrogens is 204 g/mol. The molecule has 2 aromatic heterocycles. The largest absolute Gasteiger partial charge is 0.619 e. The fourth-order valence-corrected chi connectivity index (χ4v) is 1.56. The van der Waals surface area contributed by atoms with Crippen LogP contribution in [-0.4, -0.2) is 10.1 Å². The molecule has 0 aliphatic rings. The van der Waals surface area contributed by atoms with E-state index in [1.54, 1.807) is 43.6 Å². The predicted molar refractivity (Wildman–Crippen MR) is 58.3 cm³/mol. The van der Waals surface area contributed by atoms with Crippen LogP contribution in [0.4, 0.5) is 0 Å². The van der Waals surface area contributed by atoms with Gasteiger partial charge in [0, 0.05) is 24.0 Å². The molecule has 0 spiro atoms. The van der Waals surface area contributed by atoms with Crippen LogP contribution in [-0.2, 0) is 5.60 Å². The van der Waals surface area contributed by atoms with Crippen molar-refractivity contribution in [3.63, 3.8) is 0 Å². The molecule has 0 fully saturated rings. The molecule has 1 atom stereocenters. The van der Waals surface area contributed by atoms with Crippen LogP contribution in [0.5, 0.6) is 0 Å². The zero-order valence-electron chi connectivity index (χ0n) is 8.87. The number of aromatic nitrogens is 2. The van der Waals surface area contributed by atoms with Crippen molar-refractivity contribution in [1.29, 1.82) is 0 Å². The summed E-state index contributed by atoms with van der Waals surface area (Å²) in [6.07, 6.45) is 5.95. The topological polar surface area (TPSA) is 60.1 Å². The first-order chi connectivity index (χ1) is 7.60. The molecule has 2 heterocycles. The summed E-state index contributed by atoms with van der Waals surface area (Å²) in [5.74, 6) is 0. The van der Waals surface area contributed by atoms with Gasteiger partial charge in [-0.3, -0.25) is 4.98 Å². The van der Waals surface area contributed by atoms with Gasteiger partial charge in [-0.25, -0.2) is 0 Å². The van der Waals surface area contributed by atoms with Crippen molar-refractivity contribution in [2.45, 2.75) is 12.5 Å². The van der Waals surface area contributed by atoms with Crippen LogP contribution in [0.2, 0.25) is 0 Å². The number of rotatable bonds is 2. The van der Waals surface area contributed by atoms with E-state index in [1.165, 1.54) is 12.4 Å². The summed E-state index contributed by atoms with van der Waals surface area (Å²) in [6.45, 7) is 1.64. The molecule has 0 aromatic carbocycles. The molecule has 0 saturated heterocycles. The summed E-state index contributed by atoms with van der Waals surface area (Å²) in [4.78, 5) is 3.95. The van der Waals surface area contributed by atoms with Crippen LogP contribution >= 0.6 is 0 Å². The lowest BCUT2D eigenvalue weighted by Crippen LogP contribution is -2.30. The number of aliphatic hydroxyl groups is 1. The average Bonchev–Trinajstić information content (AvgIpc) is 2.30. The molecule has 0 bridgehead atoms. The lowest BCUT2D eigenvalue weighted by molar-refractivity contribution is -0.606. The summed E-state index contributed by atoms with van der Waals surface area (Å²) < 4.78 is 0.667. The van der Waals surface area contributed by atoms with Crippen molar-refractivity contribution in [2.75, 3.05) is 0 Å². The van der Waals surface area contributed by atoms with Crippen molar-refractivity contribution in [3.8, 4) is 0 Å². The number of pyridine rings is 2. The zero-order valence-corrected chi connectivity index (χ0v) is 8.87. The Kier molecular flexibility index (Phi) is 2.58. The highest BCUT2D eigenvalue weighted by Crippen LogP contribution is 2.26. The predicted octanol–water partition coefficient (Wildman–Crippen LogP) is 0.971. The molecule has 0 saturated carbocycles. The van der Waals surface area contributed by atoms with Crippen molar-refractivity contribution < 1.29 is 9.84 Å². The molecule has 0 aliphatic heterocycles. The van der Waals surface area contributed by atoms with Crippen molar-refractivity contribution in [2.24, 2.45) is 0 Å². The Morgan fingerprint density at radius 3 is 2.69 bits per heavy atom. The van der Waals surface area contributed by atoms with Gasteiger partial charge in [-0.2, -0.15) is 4.73 Å². The molecule has 0 amide bonds. The number of nitrogens with zero attached hydrogens (tertiary/aromatic N) is 2. The van der Waals surface area contributed by atoms with Crippen LogP contribution in [0, 0.1) is 5.21 Å². The minimum Gasteiger partial charge on any atom is -0.619 e. The molecule has 0 radical (unpaired) electrons. The molecule has 16 heavy (non-hydrogen) atoms. The second-order valence-electron chi connectivity index (χ2n) is 3.77. The number of hydrogen-bond acceptors (Lipinski definition) is 3. The Labute approximate surface area is 93.4 Å². The molecular formula is C12H12N2O2. The minimum absolute atomic E-state index is 0.540. The standard InChI is InChI=1S/C12H12N2O2/c1-12(15,10-4-2-6-13-8-10)11-5-3-7-14(16)9-11/h2-9,15H,1H3. The lowest BCUT2D eigenvalue weighted by atomic mass is 9.91. The first kappa shape index (κ1) is 10.6. The molecule has 0 aliphatic carbocycles. The highest BCUT2D eigenvalue weighted by Gasteiger charge is 2.27. The summed E-state index contributed by atoms with van der Waals surface area (Å²) in [5.41, 5.74) is -0.0130. The lowest BCUT2D eigenvalue weighted by Gasteiger charge is -2.22. The third-order valence-electron chi connectivity index (χ3n) is 2.56. The van der Waals surface area contributed by atoms with Crippen LogP contribution in [0.15, 0.2) is 49.1 Å². The van der Waals surface area contributed by atoms with Crippen LogP contribution in [0.1, 0.15) is 18.1 Å². The maximum Gasteiger partial charge on any atom is 0.186 e. The highest BCUT2D eigenvalue weighted by atomic mass is 16.5. The monoisotopic (exact) mass is 216 g/mol. The Bertz CT molecular complexity index is 483.